The first-order chi connectivity index (χ1) is 8.02. The van der Waals surface area contributed by atoms with Crippen LogP contribution in [-0.4, -0.2) is 25.0 Å². The Balaban J connectivity index is 2.09. The maximum atomic E-state index is 11.4. The SMILES string of the molecule is CC(C)NC(=O)CCNCC1(C)CCCCC1. The molecule has 0 radical (unpaired) electrons. The van der Waals surface area contributed by atoms with Crippen LogP contribution in [0.2, 0.25) is 0 Å². The molecule has 3 nitrogen and oxygen atoms in total. The largest absolute Gasteiger partial charge is 0.354 e. The van der Waals surface area contributed by atoms with Gasteiger partial charge in [-0.3, -0.25) is 4.79 Å². The van der Waals surface area contributed by atoms with E-state index in [0.29, 0.717) is 11.8 Å². The number of amides is 1. The summed E-state index contributed by atoms with van der Waals surface area (Å²) < 4.78 is 0. The predicted molar refractivity (Wildman–Crippen MR) is 72.0 cm³/mol. The third-order valence-electron chi connectivity index (χ3n) is 3.59. The van der Waals surface area contributed by atoms with Crippen molar-refractivity contribution in [3.63, 3.8) is 0 Å². The van der Waals surface area contributed by atoms with Crippen molar-refractivity contribution in [3.8, 4) is 0 Å². The number of nitrogens with one attached hydrogen (secondary N) is 2. The minimum Gasteiger partial charge on any atom is -0.354 e. The fourth-order valence-electron chi connectivity index (χ4n) is 2.57. The molecule has 0 saturated heterocycles. The zero-order valence-corrected chi connectivity index (χ0v) is 11.6. The minimum atomic E-state index is 0.154. The Bertz CT molecular complexity index is 232. The normalized spacial score (nSPS) is 19.3. The molecule has 1 aliphatic rings. The van der Waals surface area contributed by atoms with Crippen LogP contribution < -0.4 is 10.6 Å². The van der Waals surface area contributed by atoms with E-state index in [1.54, 1.807) is 0 Å². The molecule has 0 spiro atoms. The Morgan fingerprint density at radius 2 is 1.88 bits per heavy atom. The molecule has 0 aromatic heterocycles. The smallest absolute Gasteiger partial charge is 0.221 e. The Labute approximate surface area is 106 Å². The van der Waals surface area contributed by atoms with E-state index >= 15 is 0 Å². The molecule has 1 fully saturated rings. The van der Waals surface area contributed by atoms with E-state index in [9.17, 15) is 4.79 Å². The standard InChI is InChI=1S/C14H28N2O/c1-12(2)16-13(17)7-10-15-11-14(3)8-5-4-6-9-14/h12,15H,4-11H2,1-3H3,(H,16,17). The van der Waals surface area contributed by atoms with Crippen LogP contribution in [-0.2, 0) is 4.79 Å². The van der Waals surface area contributed by atoms with Crippen LogP contribution in [0.25, 0.3) is 0 Å². The van der Waals surface area contributed by atoms with Crippen LogP contribution in [0.5, 0.6) is 0 Å². The van der Waals surface area contributed by atoms with Crippen LogP contribution in [0.15, 0.2) is 0 Å². The second-order valence-corrected chi connectivity index (χ2v) is 6.02. The predicted octanol–water partition coefficient (Wildman–Crippen LogP) is 2.46. The van der Waals surface area contributed by atoms with Crippen LogP contribution in [0.3, 0.4) is 0 Å². The van der Waals surface area contributed by atoms with Gasteiger partial charge in [-0.05, 0) is 32.1 Å². The van der Waals surface area contributed by atoms with Gasteiger partial charge in [-0.15, -0.1) is 0 Å². The van der Waals surface area contributed by atoms with Gasteiger partial charge >= 0.3 is 0 Å². The van der Waals surface area contributed by atoms with Crippen molar-refractivity contribution in [2.24, 2.45) is 5.41 Å². The molecule has 0 heterocycles. The average Bonchev–Trinajstić information content (AvgIpc) is 2.24. The molecule has 17 heavy (non-hydrogen) atoms. The lowest BCUT2D eigenvalue weighted by Crippen LogP contribution is -2.37. The molecule has 0 bridgehead atoms. The van der Waals surface area contributed by atoms with Crippen LogP contribution in [0, 0.1) is 5.41 Å². The Morgan fingerprint density at radius 3 is 2.47 bits per heavy atom. The van der Waals surface area contributed by atoms with Crippen molar-refractivity contribution in [3.05, 3.63) is 0 Å². The minimum absolute atomic E-state index is 0.154. The van der Waals surface area contributed by atoms with Crippen molar-refractivity contribution >= 4 is 5.91 Å². The highest BCUT2D eigenvalue weighted by Gasteiger charge is 2.25. The zero-order chi connectivity index (χ0) is 12.7. The van der Waals surface area contributed by atoms with Gasteiger partial charge in [0.1, 0.15) is 0 Å². The Hall–Kier alpha value is -0.570. The van der Waals surface area contributed by atoms with Crippen molar-refractivity contribution in [1.29, 1.82) is 0 Å². The maximum Gasteiger partial charge on any atom is 0.221 e. The molecule has 0 aliphatic heterocycles. The second kappa shape index (κ2) is 7.00. The molecule has 100 valence electrons. The monoisotopic (exact) mass is 240 g/mol. The second-order valence-electron chi connectivity index (χ2n) is 6.02. The molecule has 1 rings (SSSR count). The number of carbonyl (C=O) groups is 1. The number of carbonyl (C=O) groups excluding carboxylic acids is 1. The molecule has 1 amide bonds. The van der Waals surface area contributed by atoms with Gasteiger partial charge in [0.05, 0.1) is 0 Å². The van der Waals surface area contributed by atoms with Crippen LogP contribution in [0.1, 0.15) is 59.3 Å². The van der Waals surface area contributed by atoms with Crippen molar-refractivity contribution in [2.45, 2.75) is 65.3 Å². The molecule has 2 N–H and O–H groups in total. The van der Waals surface area contributed by atoms with E-state index in [1.165, 1.54) is 32.1 Å². The molecule has 0 aromatic rings. The van der Waals surface area contributed by atoms with Gasteiger partial charge in [0.15, 0.2) is 0 Å². The van der Waals surface area contributed by atoms with Crippen LogP contribution in [0.4, 0.5) is 0 Å². The highest BCUT2D eigenvalue weighted by atomic mass is 16.1. The fraction of sp³-hybridized carbons (Fsp3) is 0.929. The molecule has 0 atom stereocenters. The summed E-state index contributed by atoms with van der Waals surface area (Å²) in [5.74, 6) is 0.154. The number of rotatable bonds is 6. The van der Waals surface area contributed by atoms with E-state index in [0.717, 1.165) is 13.1 Å². The average molecular weight is 240 g/mol. The Morgan fingerprint density at radius 1 is 1.24 bits per heavy atom. The van der Waals surface area contributed by atoms with Gasteiger partial charge in [-0.2, -0.15) is 0 Å². The third kappa shape index (κ3) is 6.06. The van der Waals surface area contributed by atoms with Gasteiger partial charge < -0.3 is 10.6 Å². The number of hydrogen-bond acceptors (Lipinski definition) is 2. The highest BCUT2D eigenvalue weighted by molar-refractivity contribution is 5.76. The van der Waals surface area contributed by atoms with Gasteiger partial charge in [-0.1, -0.05) is 26.2 Å². The summed E-state index contributed by atoms with van der Waals surface area (Å²) in [5.41, 5.74) is 0.465. The zero-order valence-electron chi connectivity index (χ0n) is 11.6. The van der Waals surface area contributed by atoms with Gasteiger partial charge in [0, 0.05) is 25.6 Å². The maximum absolute atomic E-state index is 11.4. The van der Waals surface area contributed by atoms with E-state index in [2.05, 4.69) is 17.6 Å². The first-order valence-electron chi connectivity index (χ1n) is 7.02. The van der Waals surface area contributed by atoms with E-state index < -0.39 is 0 Å². The first kappa shape index (κ1) is 14.5. The third-order valence-corrected chi connectivity index (χ3v) is 3.59. The quantitative estimate of drug-likeness (QED) is 0.700. The molecular weight excluding hydrogens is 212 g/mol. The van der Waals surface area contributed by atoms with Crippen LogP contribution >= 0.6 is 0 Å². The summed E-state index contributed by atoms with van der Waals surface area (Å²) in [6.07, 6.45) is 7.38. The summed E-state index contributed by atoms with van der Waals surface area (Å²) in [5, 5.41) is 6.35. The van der Waals surface area contributed by atoms with E-state index in [4.69, 9.17) is 0 Å². The molecule has 0 aromatic carbocycles. The molecule has 1 saturated carbocycles. The highest BCUT2D eigenvalue weighted by Crippen LogP contribution is 2.34. The lowest BCUT2D eigenvalue weighted by Gasteiger charge is -2.33. The fourth-order valence-corrected chi connectivity index (χ4v) is 2.57. The van der Waals surface area contributed by atoms with Crippen molar-refractivity contribution in [2.75, 3.05) is 13.1 Å². The summed E-state index contributed by atoms with van der Waals surface area (Å²) >= 11 is 0. The summed E-state index contributed by atoms with van der Waals surface area (Å²) in [6.45, 7) is 8.21. The molecular formula is C14H28N2O. The summed E-state index contributed by atoms with van der Waals surface area (Å²) in [4.78, 5) is 11.4. The molecule has 1 aliphatic carbocycles. The van der Waals surface area contributed by atoms with E-state index in [-0.39, 0.29) is 11.9 Å². The first-order valence-corrected chi connectivity index (χ1v) is 7.02. The Kier molecular flexibility index (Phi) is 5.96. The summed E-state index contributed by atoms with van der Waals surface area (Å²) in [7, 11) is 0. The molecule has 3 heteroatoms. The van der Waals surface area contributed by atoms with Crippen molar-refractivity contribution in [1.82, 2.24) is 10.6 Å². The summed E-state index contributed by atoms with van der Waals surface area (Å²) in [6, 6.07) is 0.248. The topological polar surface area (TPSA) is 41.1 Å². The van der Waals surface area contributed by atoms with Gasteiger partial charge in [0.25, 0.3) is 0 Å². The lowest BCUT2D eigenvalue weighted by molar-refractivity contribution is -0.121. The lowest BCUT2D eigenvalue weighted by atomic mass is 9.76. The van der Waals surface area contributed by atoms with Gasteiger partial charge in [-0.25, -0.2) is 0 Å². The van der Waals surface area contributed by atoms with E-state index in [1.807, 2.05) is 13.8 Å². The van der Waals surface area contributed by atoms with Gasteiger partial charge in [0.2, 0.25) is 5.91 Å². The molecule has 0 unspecified atom stereocenters. The van der Waals surface area contributed by atoms with Crippen molar-refractivity contribution < 1.29 is 4.79 Å². The number of hydrogen-bond donors (Lipinski definition) is 2.